The second-order valence-corrected chi connectivity index (χ2v) is 7.63. The van der Waals surface area contributed by atoms with Crippen molar-refractivity contribution < 1.29 is 23.2 Å². The van der Waals surface area contributed by atoms with E-state index in [1.54, 1.807) is 24.3 Å². The summed E-state index contributed by atoms with van der Waals surface area (Å²) in [5, 5.41) is 2.75. The largest absolute Gasteiger partial charge is 0.459 e. The topological polar surface area (TPSA) is 79.6 Å². The van der Waals surface area contributed by atoms with Gasteiger partial charge in [0.1, 0.15) is 17.3 Å². The molecule has 29 heavy (non-hydrogen) atoms. The van der Waals surface area contributed by atoms with Gasteiger partial charge in [0.2, 0.25) is 17.7 Å². The molecule has 2 aromatic rings. The van der Waals surface area contributed by atoms with E-state index in [0.717, 1.165) is 31.2 Å². The minimum absolute atomic E-state index is 0.0719. The van der Waals surface area contributed by atoms with E-state index in [4.69, 9.17) is 4.42 Å². The molecule has 3 amide bonds. The molecule has 0 bridgehead atoms. The molecule has 152 valence electrons. The summed E-state index contributed by atoms with van der Waals surface area (Å²) in [4.78, 5) is 38.3. The normalized spacial score (nSPS) is 21.3. The van der Waals surface area contributed by atoms with Crippen LogP contribution in [-0.4, -0.2) is 29.2 Å². The van der Waals surface area contributed by atoms with Crippen molar-refractivity contribution in [2.45, 2.75) is 38.6 Å². The third-order valence-corrected chi connectivity index (χ3v) is 5.75. The summed E-state index contributed by atoms with van der Waals surface area (Å²) >= 11 is 0. The van der Waals surface area contributed by atoms with Crippen molar-refractivity contribution in [3.05, 3.63) is 48.0 Å². The molecule has 4 rings (SSSR count). The molecule has 1 aliphatic heterocycles. The van der Waals surface area contributed by atoms with E-state index in [1.165, 1.54) is 17.0 Å². The minimum Gasteiger partial charge on any atom is -0.459 e. The fourth-order valence-electron chi connectivity index (χ4n) is 4.18. The van der Waals surface area contributed by atoms with Crippen LogP contribution in [0.2, 0.25) is 0 Å². The number of nitrogens with zero attached hydrogens (tertiary/aromatic N) is 1. The van der Waals surface area contributed by atoms with Crippen molar-refractivity contribution in [1.82, 2.24) is 10.2 Å². The van der Waals surface area contributed by atoms with E-state index >= 15 is 0 Å². The van der Waals surface area contributed by atoms with Gasteiger partial charge in [0.05, 0.1) is 18.4 Å². The molecule has 0 radical (unpaired) electrons. The molecule has 0 spiro atoms. The Morgan fingerprint density at radius 1 is 1.03 bits per heavy atom. The number of carbonyl (C=O) groups excluding carboxylic acids is 3. The van der Waals surface area contributed by atoms with Crippen LogP contribution in [0.5, 0.6) is 0 Å². The van der Waals surface area contributed by atoms with Gasteiger partial charge in [0.25, 0.3) is 0 Å². The number of fused-ring (bicyclic) bond motifs is 1. The highest BCUT2D eigenvalue weighted by molar-refractivity contribution is 6.05. The van der Waals surface area contributed by atoms with Gasteiger partial charge in [-0.05, 0) is 49.2 Å². The maximum absolute atomic E-state index is 13.0. The lowest BCUT2D eigenvalue weighted by atomic mass is 9.81. The van der Waals surface area contributed by atoms with Crippen LogP contribution in [0, 0.1) is 17.7 Å². The maximum atomic E-state index is 13.0. The third-order valence-electron chi connectivity index (χ3n) is 5.75. The van der Waals surface area contributed by atoms with Gasteiger partial charge >= 0.3 is 0 Å². The fraction of sp³-hybridized carbons (Fsp3) is 0.409. The van der Waals surface area contributed by atoms with E-state index in [0.29, 0.717) is 11.5 Å². The number of imide groups is 1. The Hall–Kier alpha value is -2.96. The first kappa shape index (κ1) is 19.4. The SMILES string of the molecule is O=C(CCN1C(=O)C2CCCCC2C1=O)NCc1ccc(-c2ccc(F)cc2)o1. The Kier molecular flexibility index (Phi) is 5.47. The van der Waals surface area contributed by atoms with E-state index in [-0.39, 0.29) is 54.9 Å². The molecule has 6 nitrogen and oxygen atoms in total. The molecular weight excluding hydrogens is 375 g/mol. The average Bonchev–Trinajstić information content (AvgIpc) is 3.30. The zero-order valence-electron chi connectivity index (χ0n) is 16.0. The van der Waals surface area contributed by atoms with Gasteiger partial charge in [-0.3, -0.25) is 19.3 Å². The Morgan fingerprint density at radius 3 is 2.34 bits per heavy atom. The highest BCUT2D eigenvalue weighted by Crippen LogP contribution is 2.37. The van der Waals surface area contributed by atoms with E-state index < -0.39 is 0 Å². The molecule has 2 heterocycles. The number of likely N-dealkylation sites (tertiary alicyclic amines) is 1. The quantitative estimate of drug-likeness (QED) is 0.758. The van der Waals surface area contributed by atoms with Crippen molar-refractivity contribution in [3.8, 4) is 11.3 Å². The number of halogens is 1. The average molecular weight is 398 g/mol. The lowest BCUT2D eigenvalue weighted by molar-refractivity contribution is -0.140. The van der Waals surface area contributed by atoms with Gasteiger partial charge in [-0.15, -0.1) is 0 Å². The fourth-order valence-corrected chi connectivity index (χ4v) is 4.18. The lowest BCUT2D eigenvalue weighted by Crippen LogP contribution is -2.35. The molecule has 2 aliphatic rings. The zero-order valence-corrected chi connectivity index (χ0v) is 16.0. The molecule has 2 fully saturated rings. The molecule has 1 aromatic carbocycles. The van der Waals surface area contributed by atoms with Crippen molar-refractivity contribution in [1.29, 1.82) is 0 Å². The summed E-state index contributed by atoms with van der Waals surface area (Å²) in [7, 11) is 0. The summed E-state index contributed by atoms with van der Waals surface area (Å²) in [6.45, 7) is 0.322. The highest BCUT2D eigenvalue weighted by atomic mass is 19.1. The van der Waals surface area contributed by atoms with Gasteiger partial charge in [0.15, 0.2) is 0 Å². The summed E-state index contributed by atoms with van der Waals surface area (Å²) in [5.41, 5.74) is 0.747. The van der Waals surface area contributed by atoms with Crippen molar-refractivity contribution in [2.24, 2.45) is 11.8 Å². The Morgan fingerprint density at radius 2 is 1.69 bits per heavy atom. The Bertz CT molecular complexity index is 897. The molecule has 2 atom stereocenters. The van der Waals surface area contributed by atoms with E-state index in [9.17, 15) is 18.8 Å². The van der Waals surface area contributed by atoms with Crippen LogP contribution < -0.4 is 5.32 Å². The summed E-state index contributed by atoms with van der Waals surface area (Å²) < 4.78 is 18.7. The monoisotopic (exact) mass is 398 g/mol. The van der Waals surface area contributed by atoms with Crippen LogP contribution in [0.25, 0.3) is 11.3 Å². The van der Waals surface area contributed by atoms with Gasteiger partial charge in [0, 0.05) is 18.5 Å². The molecule has 1 N–H and O–H groups in total. The molecule has 1 aromatic heterocycles. The minimum atomic E-state index is -0.318. The molecule has 1 saturated carbocycles. The number of amides is 3. The van der Waals surface area contributed by atoms with Crippen LogP contribution in [0.3, 0.4) is 0 Å². The number of carbonyl (C=O) groups is 3. The van der Waals surface area contributed by atoms with Crippen LogP contribution in [-0.2, 0) is 20.9 Å². The predicted octanol–water partition coefficient (Wildman–Crippen LogP) is 3.27. The number of nitrogens with one attached hydrogen (secondary N) is 1. The van der Waals surface area contributed by atoms with Gasteiger partial charge < -0.3 is 9.73 Å². The van der Waals surface area contributed by atoms with Crippen molar-refractivity contribution in [2.75, 3.05) is 6.54 Å². The summed E-state index contributed by atoms with van der Waals surface area (Å²) in [6, 6.07) is 9.47. The highest BCUT2D eigenvalue weighted by Gasteiger charge is 2.47. The number of benzene rings is 1. The van der Waals surface area contributed by atoms with Crippen molar-refractivity contribution >= 4 is 17.7 Å². The van der Waals surface area contributed by atoms with Crippen LogP contribution >= 0.6 is 0 Å². The molecular formula is C22H23FN2O4. The van der Waals surface area contributed by atoms with Crippen LogP contribution in [0.4, 0.5) is 4.39 Å². The molecule has 1 saturated heterocycles. The first-order valence-electron chi connectivity index (χ1n) is 9.99. The Labute approximate surface area is 168 Å². The standard InChI is InChI=1S/C22H23FN2O4/c23-15-7-5-14(6-8-15)19-10-9-16(29-19)13-24-20(26)11-12-25-21(27)17-3-1-2-4-18(17)22(25)28/h5-10,17-18H,1-4,11-13H2,(H,24,26). The molecule has 2 unspecified atom stereocenters. The van der Waals surface area contributed by atoms with Gasteiger partial charge in [-0.2, -0.15) is 0 Å². The van der Waals surface area contributed by atoms with E-state index in [1.807, 2.05) is 0 Å². The number of rotatable bonds is 6. The number of hydrogen-bond donors (Lipinski definition) is 1. The van der Waals surface area contributed by atoms with Crippen molar-refractivity contribution in [3.63, 3.8) is 0 Å². The summed E-state index contributed by atoms with van der Waals surface area (Å²) in [6.07, 6.45) is 3.58. The molecule has 7 heteroatoms. The van der Waals surface area contributed by atoms with Crippen LogP contribution in [0.15, 0.2) is 40.8 Å². The maximum Gasteiger partial charge on any atom is 0.233 e. The molecule has 1 aliphatic carbocycles. The number of hydrogen-bond acceptors (Lipinski definition) is 4. The second-order valence-electron chi connectivity index (χ2n) is 7.63. The van der Waals surface area contributed by atoms with Crippen LogP contribution in [0.1, 0.15) is 37.9 Å². The number of furan rings is 1. The Balaban J connectivity index is 1.27. The first-order chi connectivity index (χ1) is 14.0. The van der Waals surface area contributed by atoms with Gasteiger partial charge in [-0.1, -0.05) is 12.8 Å². The first-order valence-corrected chi connectivity index (χ1v) is 9.99. The second kappa shape index (κ2) is 8.19. The summed E-state index contributed by atoms with van der Waals surface area (Å²) in [5.74, 6) is -0.0334. The smallest absolute Gasteiger partial charge is 0.233 e. The van der Waals surface area contributed by atoms with E-state index in [2.05, 4.69) is 5.32 Å². The van der Waals surface area contributed by atoms with Gasteiger partial charge in [-0.25, -0.2) is 4.39 Å². The predicted molar refractivity (Wildman–Crippen MR) is 103 cm³/mol. The third kappa shape index (κ3) is 4.09. The lowest BCUT2D eigenvalue weighted by Gasteiger charge is -2.19. The zero-order chi connectivity index (χ0) is 20.4.